The van der Waals surface area contributed by atoms with E-state index in [1.54, 1.807) is 6.26 Å². The van der Waals surface area contributed by atoms with Gasteiger partial charge >= 0.3 is 0 Å². The highest BCUT2D eigenvalue weighted by Gasteiger charge is 2.14. The van der Waals surface area contributed by atoms with Crippen molar-refractivity contribution < 1.29 is 4.21 Å². The zero-order chi connectivity index (χ0) is 12.1. The molecule has 0 aliphatic carbocycles. The smallest absolute Gasteiger partial charge is 0.0341 e. The van der Waals surface area contributed by atoms with Gasteiger partial charge in [-0.1, -0.05) is 60.7 Å². The Hall–Kier alpha value is -1.41. The molecule has 0 radical (unpaired) electrons. The molecule has 0 bridgehead atoms. The van der Waals surface area contributed by atoms with Crippen molar-refractivity contribution in [2.75, 3.05) is 12.0 Å². The molecule has 0 aromatic heterocycles. The van der Waals surface area contributed by atoms with Gasteiger partial charge in [0.05, 0.1) is 0 Å². The van der Waals surface area contributed by atoms with Crippen LogP contribution in [0.25, 0.3) is 0 Å². The fourth-order valence-corrected chi connectivity index (χ4v) is 2.84. The molecule has 88 valence electrons. The number of rotatable bonds is 4. The van der Waals surface area contributed by atoms with Crippen LogP contribution in [-0.2, 0) is 10.8 Å². The first-order valence-electron chi connectivity index (χ1n) is 5.67. The molecular formula is C15H16OS. The maximum Gasteiger partial charge on any atom is 0.0341 e. The van der Waals surface area contributed by atoms with Gasteiger partial charge in [0.25, 0.3) is 0 Å². The quantitative estimate of drug-likeness (QED) is 0.807. The Kier molecular flexibility index (Phi) is 4.10. The minimum Gasteiger partial charge on any atom is -0.260 e. The summed E-state index contributed by atoms with van der Waals surface area (Å²) >= 11 is 0. The summed E-state index contributed by atoms with van der Waals surface area (Å²) in [6, 6.07) is 20.6. The van der Waals surface area contributed by atoms with Gasteiger partial charge < -0.3 is 0 Å². The zero-order valence-corrected chi connectivity index (χ0v) is 10.7. The van der Waals surface area contributed by atoms with E-state index in [0.717, 1.165) is 0 Å². The van der Waals surface area contributed by atoms with Crippen molar-refractivity contribution in [2.24, 2.45) is 0 Å². The van der Waals surface area contributed by atoms with Crippen molar-refractivity contribution in [3.8, 4) is 0 Å². The van der Waals surface area contributed by atoms with Crippen LogP contribution in [0.15, 0.2) is 60.7 Å². The normalized spacial score (nSPS) is 12.6. The monoisotopic (exact) mass is 244 g/mol. The highest BCUT2D eigenvalue weighted by Crippen LogP contribution is 2.24. The lowest BCUT2D eigenvalue weighted by Crippen LogP contribution is -2.10. The third kappa shape index (κ3) is 3.27. The Labute approximate surface area is 105 Å². The van der Waals surface area contributed by atoms with Gasteiger partial charge in [0.1, 0.15) is 0 Å². The number of benzene rings is 2. The minimum absolute atomic E-state index is 0.225. The van der Waals surface area contributed by atoms with E-state index in [1.807, 2.05) is 36.4 Å². The Bertz CT molecular complexity index is 439. The molecular weight excluding hydrogens is 228 g/mol. The van der Waals surface area contributed by atoms with E-state index in [4.69, 9.17) is 0 Å². The molecule has 0 heterocycles. The van der Waals surface area contributed by atoms with Crippen LogP contribution in [0.4, 0.5) is 0 Å². The number of hydrogen-bond acceptors (Lipinski definition) is 1. The van der Waals surface area contributed by atoms with E-state index >= 15 is 0 Å². The van der Waals surface area contributed by atoms with Crippen LogP contribution in [0.1, 0.15) is 17.0 Å². The molecule has 0 saturated carbocycles. The van der Waals surface area contributed by atoms with Crippen molar-refractivity contribution in [1.29, 1.82) is 0 Å². The van der Waals surface area contributed by atoms with Gasteiger partial charge in [-0.25, -0.2) is 0 Å². The van der Waals surface area contributed by atoms with Crippen LogP contribution in [0, 0.1) is 0 Å². The van der Waals surface area contributed by atoms with Gasteiger partial charge in [0, 0.05) is 28.7 Å². The molecule has 0 spiro atoms. The van der Waals surface area contributed by atoms with Gasteiger partial charge in [-0.2, -0.15) is 0 Å². The van der Waals surface area contributed by atoms with E-state index in [0.29, 0.717) is 5.75 Å². The molecule has 0 aliphatic heterocycles. The molecule has 1 atom stereocenters. The van der Waals surface area contributed by atoms with Crippen molar-refractivity contribution in [1.82, 2.24) is 0 Å². The van der Waals surface area contributed by atoms with Crippen molar-refractivity contribution in [3.63, 3.8) is 0 Å². The summed E-state index contributed by atoms with van der Waals surface area (Å²) in [5, 5.41) is 0. The van der Waals surface area contributed by atoms with Gasteiger partial charge in [-0.3, -0.25) is 4.21 Å². The third-order valence-corrected chi connectivity index (χ3v) is 3.61. The Morgan fingerprint density at radius 3 is 1.65 bits per heavy atom. The maximum atomic E-state index is 11.5. The molecule has 0 saturated heterocycles. The summed E-state index contributed by atoms with van der Waals surface area (Å²) in [4.78, 5) is 0. The van der Waals surface area contributed by atoms with E-state index in [9.17, 15) is 4.21 Å². The average Bonchev–Trinajstić information content (AvgIpc) is 2.38. The second kappa shape index (κ2) is 5.78. The molecule has 0 N–H and O–H groups in total. The maximum absolute atomic E-state index is 11.5. The lowest BCUT2D eigenvalue weighted by atomic mass is 9.93. The molecule has 1 unspecified atom stereocenters. The first-order chi connectivity index (χ1) is 8.27. The lowest BCUT2D eigenvalue weighted by Gasteiger charge is -2.16. The van der Waals surface area contributed by atoms with Crippen LogP contribution in [-0.4, -0.2) is 16.2 Å². The summed E-state index contributed by atoms with van der Waals surface area (Å²) in [5.74, 6) is 0.900. The first kappa shape index (κ1) is 12.1. The fraction of sp³-hybridized carbons (Fsp3) is 0.200. The van der Waals surface area contributed by atoms with Crippen LogP contribution >= 0.6 is 0 Å². The van der Waals surface area contributed by atoms with Crippen LogP contribution in [0.5, 0.6) is 0 Å². The predicted molar refractivity (Wildman–Crippen MR) is 73.7 cm³/mol. The average molecular weight is 244 g/mol. The summed E-state index contributed by atoms with van der Waals surface area (Å²) in [5.41, 5.74) is 2.46. The van der Waals surface area contributed by atoms with E-state index < -0.39 is 10.8 Å². The van der Waals surface area contributed by atoms with Crippen molar-refractivity contribution >= 4 is 10.8 Å². The summed E-state index contributed by atoms with van der Waals surface area (Å²) < 4.78 is 11.5. The molecule has 2 aromatic carbocycles. The highest BCUT2D eigenvalue weighted by atomic mass is 32.2. The minimum atomic E-state index is -0.797. The van der Waals surface area contributed by atoms with Gasteiger partial charge in [0.2, 0.25) is 0 Å². The number of hydrogen-bond donors (Lipinski definition) is 0. The van der Waals surface area contributed by atoms with Crippen LogP contribution < -0.4 is 0 Å². The van der Waals surface area contributed by atoms with Crippen molar-refractivity contribution in [3.05, 3.63) is 71.8 Å². The molecule has 2 aromatic rings. The standard InChI is InChI=1S/C15H16OS/c1-17(16)12-15(13-8-4-2-5-9-13)14-10-6-3-7-11-14/h2-11,15H,12H2,1H3. The third-order valence-electron chi connectivity index (χ3n) is 2.81. The van der Waals surface area contributed by atoms with Gasteiger partial charge in [0.15, 0.2) is 0 Å². The van der Waals surface area contributed by atoms with Crippen LogP contribution in [0.3, 0.4) is 0 Å². The summed E-state index contributed by atoms with van der Waals surface area (Å²) in [6.45, 7) is 0. The van der Waals surface area contributed by atoms with E-state index in [2.05, 4.69) is 24.3 Å². The second-order valence-corrected chi connectivity index (χ2v) is 5.59. The molecule has 1 nitrogen and oxygen atoms in total. The largest absolute Gasteiger partial charge is 0.260 e. The summed E-state index contributed by atoms with van der Waals surface area (Å²) in [6.07, 6.45) is 1.76. The predicted octanol–water partition coefficient (Wildman–Crippen LogP) is 3.20. The van der Waals surface area contributed by atoms with Gasteiger partial charge in [-0.15, -0.1) is 0 Å². The molecule has 17 heavy (non-hydrogen) atoms. The lowest BCUT2D eigenvalue weighted by molar-refractivity contribution is 0.683. The fourth-order valence-electron chi connectivity index (χ4n) is 1.99. The molecule has 0 aliphatic rings. The molecule has 0 fully saturated rings. The van der Waals surface area contributed by atoms with Crippen LogP contribution in [0.2, 0.25) is 0 Å². The molecule has 2 rings (SSSR count). The topological polar surface area (TPSA) is 17.1 Å². The molecule has 0 amide bonds. The Morgan fingerprint density at radius 2 is 1.29 bits per heavy atom. The summed E-state index contributed by atoms with van der Waals surface area (Å²) in [7, 11) is -0.797. The van der Waals surface area contributed by atoms with E-state index in [-0.39, 0.29) is 5.92 Å². The zero-order valence-electron chi connectivity index (χ0n) is 9.87. The van der Waals surface area contributed by atoms with Gasteiger partial charge in [-0.05, 0) is 11.1 Å². The van der Waals surface area contributed by atoms with Crippen molar-refractivity contribution in [2.45, 2.75) is 5.92 Å². The second-order valence-electron chi connectivity index (χ2n) is 4.11. The van der Waals surface area contributed by atoms with E-state index in [1.165, 1.54) is 11.1 Å². The Balaban J connectivity index is 2.36. The highest BCUT2D eigenvalue weighted by molar-refractivity contribution is 7.84. The molecule has 2 heteroatoms. The SMILES string of the molecule is CS(=O)CC(c1ccccc1)c1ccccc1. The first-order valence-corrected chi connectivity index (χ1v) is 7.40. The Morgan fingerprint density at radius 1 is 0.882 bits per heavy atom.